The van der Waals surface area contributed by atoms with Gasteiger partial charge in [-0.1, -0.05) is 13.3 Å². The maximum absolute atomic E-state index is 11.9. The normalized spacial score (nSPS) is 28.1. The first-order valence-corrected chi connectivity index (χ1v) is 6.70. The molecular weight excluding hydrogens is 218 g/mol. The Labute approximate surface area is 102 Å². The number of nitrogens with zero attached hydrogens (tertiary/aromatic N) is 1. The standard InChI is InChI=1S/C13H21NO3/c1-2-3-9-17-13(16)14-8-7-10-11(14)5-4-6-12(10)15/h10-11H,2-9H2,1H3/t10-,11-/m0/s1. The number of hydrogen-bond acceptors (Lipinski definition) is 3. The zero-order valence-electron chi connectivity index (χ0n) is 10.5. The van der Waals surface area contributed by atoms with Crippen LogP contribution in [0.5, 0.6) is 0 Å². The van der Waals surface area contributed by atoms with Crippen molar-refractivity contribution in [2.24, 2.45) is 5.92 Å². The second kappa shape index (κ2) is 5.52. The molecule has 2 fully saturated rings. The van der Waals surface area contributed by atoms with Gasteiger partial charge in [-0.15, -0.1) is 0 Å². The minimum absolute atomic E-state index is 0.0856. The molecule has 4 nitrogen and oxygen atoms in total. The van der Waals surface area contributed by atoms with Crippen molar-refractivity contribution in [3.63, 3.8) is 0 Å². The summed E-state index contributed by atoms with van der Waals surface area (Å²) in [5.41, 5.74) is 0. The van der Waals surface area contributed by atoms with Gasteiger partial charge in [0.1, 0.15) is 5.78 Å². The lowest BCUT2D eigenvalue weighted by atomic mass is 9.84. The maximum atomic E-state index is 11.9. The number of ketones is 1. The number of hydrogen-bond donors (Lipinski definition) is 0. The minimum atomic E-state index is -0.222. The summed E-state index contributed by atoms with van der Waals surface area (Å²) < 4.78 is 5.23. The van der Waals surface area contributed by atoms with E-state index in [4.69, 9.17) is 4.74 Å². The number of carbonyl (C=O) groups is 2. The predicted octanol–water partition coefficient (Wildman–Crippen LogP) is 2.37. The Morgan fingerprint density at radius 1 is 1.47 bits per heavy atom. The average molecular weight is 239 g/mol. The van der Waals surface area contributed by atoms with Gasteiger partial charge < -0.3 is 9.64 Å². The van der Waals surface area contributed by atoms with E-state index in [-0.39, 0.29) is 18.1 Å². The molecule has 4 heteroatoms. The number of carbonyl (C=O) groups excluding carboxylic acids is 2. The summed E-state index contributed by atoms with van der Waals surface area (Å²) in [6.07, 6.45) is 5.11. The van der Waals surface area contributed by atoms with Crippen LogP contribution < -0.4 is 0 Å². The molecule has 1 aliphatic carbocycles. The highest BCUT2D eigenvalue weighted by Crippen LogP contribution is 2.34. The van der Waals surface area contributed by atoms with Gasteiger partial charge in [-0.3, -0.25) is 4.79 Å². The molecule has 1 amide bonds. The topological polar surface area (TPSA) is 46.6 Å². The van der Waals surface area contributed by atoms with Gasteiger partial charge in [0.15, 0.2) is 0 Å². The molecule has 0 aromatic heterocycles. The molecule has 0 radical (unpaired) electrons. The van der Waals surface area contributed by atoms with Crippen LogP contribution >= 0.6 is 0 Å². The molecule has 0 N–H and O–H groups in total. The third kappa shape index (κ3) is 2.61. The lowest BCUT2D eigenvalue weighted by Crippen LogP contribution is -2.42. The number of amides is 1. The molecule has 0 unspecified atom stereocenters. The maximum Gasteiger partial charge on any atom is 0.410 e. The van der Waals surface area contributed by atoms with Crippen molar-refractivity contribution in [2.45, 2.75) is 51.5 Å². The molecule has 0 bridgehead atoms. The fourth-order valence-electron chi connectivity index (χ4n) is 2.87. The summed E-state index contributed by atoms with van der Waals surface area (Å²) in [6, 6.07) is 0.116. The highest BCUT2D eigenvalue weighted by molar-refractivity contribution is 5.84. The van der Waals surface area contributed by atoms with Crippen molar-refractivity contribution < 1.29 is 14.3 Å². The van der Waals surface area contributed by atoms with Crippen LogP contribution in [-0.4, -0.2) is 36.0 Å². The van der Waals surface area contributed by atoms with Crippen molar-refractivity contribution in [2.75, 3.05) is 13.2 Å². The Morgan fingerprint density at radius 2 is 2.29 bits per heavy atom. The lowest BCUT2D eigenvalue weighted by Gasteiger charge is -2.30. The molecule has 2 rings (SSSR count). The van der Waals surface area contributed by atoms with E-state index in [0.717, 1.165) is 32.1 Å². The Kier molecular flexibility index (Phi) is 4.02. The van der Waals surface area contributed by atoms with Crippen molar-refractivity contribution in [3.8, 4) is 0 Å². The van der Waals surface area contributed by atoms with E-state index in [0.29, 0.717) is 25.4 Å². The van der Waals surface area contributed by atoms with Gasteiger partial charge in [-0.2, -0.15) is 0 Å². The summed E-state index contributed by atoms with van der Waals surface area (Å²) in [7, 11) is 0. The second-order valence-electron chi connectivity index (χ2n) is 4.98. The second-order valence-corrected chi connectivity index (χ2v) is 4.98. The largest absolute Gasteiger partial charge is 0.449 e. The van der Waals surface area contributed by atoms with Crippen LogP contribution in [0.1, 0.15) is 45.4 Å². The fourth-order valence-corrected chi connectivity index (χ4v) is 2.87. The zero-order valence-corrected chi connectivity index (χ0v) is 10.5. The molecule has 1 saturated heterocycles. The quantitative estimate of drug-likeness (QED) is 0.710. The first-order valence-electron chi connectivity index (χ1n) is 6.70. The van der Waals surface area contributed by atoms with Gasteiger partial charge in [-0.05, 0) is 25.7 Å². The molecule has 0 aromatic rings. The zero-order chi connectivity index (χ0) is 12.3. The summed E-state index contributed by atoms with van der Waals surface area (Å²) in [4.78, 5) is 25.4. The monoisotopic (exact) mass is 239 g/mol. The van der Waals surface area contributed by atoms with E-state index in [2.05, 4.69) is 6.92 Å². The number of ether oxygens (including phenoxy) is 1. The minimum Gasteiger partial charge on any atom is -0.449 e. The van der Waals surface area contributed by atoms with Gasteiger partial charge in [0.2, 0.25) is 0 Å². The van der Waals surface area contributed by atoms with E-state index in [1.807, 2.05) is 0 Å². The van der Waals surface area contributed by atoms with Gasteiger partial charge in [0, 0.05) is 24.9 Å². The van der Waals surface area contributed by atoms with E-state index >= 15 is 0 Å². The van der Waals surface area contributed by atoms with Crippen molar-refractivity contribution in [1.29, 1.82) is 0 Å². The number of unbranched alkanes of at least 4 members (excludes halogenated alkanes) is 1. The molecular formula is C13H21NO3. The first kappa shape index (κ1) is 12.4. The average Bonchev–Trinajstić information content (AvgIpc) is 2.74. The third-order valence-electron chi connectivity index (χ3n) is 3.84. The van der Waals surface area contributed by atoms with Crippen LogP contribution in [0.15, 0.2) is 0 Å². The van der Waals surface area contributed by atoms with Crippen LogP contribution in [0, 0.1) is 5.92 Å². The lowest BCUT2D eigenvalue weighted by molar-refractivity contribution is -0.125. The molecule has 17 heavy (non-hydrogen) atoms. The summed E-state index contributed by atoms with van der Waals surface area (Å²) >= 11 is 0. The Hall–Kier alpha value is -1.06. The number of rotatable bonds is 3. The van der Waals surface area contributed by atoms with E-state index in [1.165, 1.54) is 0 Å². The SMILES string of the molecule is CCCCOC(=O)N1CC[C@@H]2C(=O)CCC[C@@H]21. The number of fused-ring (bicyclic) bond motifs is 1. The predicted molar refractivity (Wildman–Crippen MR) is 63.7 cm³/mol. The molecule has 2 aliphatic rings. The van der Waals surface area contributed by atoms with Crippen molar-refractivity contribution in [1.82, 2.24) is 4.90 Å². The fraction of sp³-hybridized carbons (Fsp3) is 0.846. The van der Waals surface area contributed by atoms with Gasteiger partial charge in [-0.25, -0.2) is 4.79 Å². The summed E-state index contributed by atoms with van der Waals surface area (Å²) in [6.45, 7) is 3.25. The Morgan fingerprint density at radius 3 is 3.06 bits per heavy atom. The van der Waals surface area contributed by atoms with E-state index in [9.17, 15) is 9.59 Å². The molecule has 2 atom stereocenters. The third-order valence-corrected chi connectivity index (χ3v) is 3.84. The highest BCUT2D eigenvalue weighted by atomic mass is 16.6. The number of likely N-dealkylation sites (tertiary alicyclic amines) is 1. The summed E-state index contributed by atoms with van der Waals surface area (Å²) in [5.74, 6) is 0.424. The molecule has 0 aromatic carbocycles. The smallest absolute Gasteiger partial charge is 0.410 e. The molecule has 0 spiro atoms. The molecule has 1 aliphatic heterocycles. The van der Waals surface area contributed by atoms with Crippen LogP contribution in [0.2, 0.25) is 0 Å². The van der Waals surface area contributed by atoms with Gasteiger partial charge >= 0.3 is 6.09 Å². The Bertz CT molecular complexity index is 303. The highest BCUT2D eigenvalue weighted by Gasteiger charge is 2.43. The van der Waals surface area contributed by atoms with Gasteiger partial charge in [0.05, 0.1) is 6.61 Å². The Balaban J connectivity index is 1.89. The summed E-state index contributed by atoms with van der Waals surface area (Å²) in [5, 5.41) is 0. The first-order chi connectivity index (χ1) is 8.24. The van der Waals surface area contributed by atoms with Crippen molar-refractivity contribution in [3.05, 3.63) is 0 Å². The molecule has 1 heterocycles. The van der Waals surface area contributed by atoms with Crippen molar-refractivity contribution >= 4 is 11.9 Å². The van der Waals surface area contributed by atoms with E-state index in [1.54, 1.807) is 4.90 Å². The van der Waals surface area contributed by atoms with Crippen LogP contribution in [0.25, 0.3) is 0 Å². The van der Waals surface area contributed by atoms with Crippen LogP contribution in [-0.2, 0) is 9.53 Å². The number of Topliss-reactive ketones (excluding diaryl/α,β-unsaturated/α-hetero) is 1. The van der Waals surface area contributed by atoms with Gasteiger partial charge in [0.25, 0.3) is 0 Å². The molecule has 1 saturated carbocycles. The molecule has 96 valence electrons. The van der Waals surface area contributed by atoms with E-state index < -0.39 is 0 Å². The van der Waals surface area contributed by atoms with Crippen LogP contribution in [0.3, 0.4) is 0 Å². The van der Waals surface area contributed by atoms with Crippen LogP contribution in [0.4, 0.5) is 4.79 Å².